The standard InChI is InChI=1S/C10H15BN4O3/c1-11(16)14-7-5-13(6-8-14)10-9(15(17)18)3-2-4-12-10/h2-4,16H,5-8H2,1H3. The third kappa shape index (κ3) is 2.60. The van der Waals surface area contributed by atoms with Gasteiger partial charge in [0.1, 0.15) is 0 Å². The second-order valence-electron chi connectivity index (χ2n) is 4.26. The summed E-state index contributed by atoms with van der Waals surface area (Å²) in [6.07, 6.45) is 1.56. The summed E-state index contributed by atoms with van der Waals surface area (Å²) in [5.74, 6) is 0.410. The van der Waals surface area contributed by atoms with Gasteiger partial charge in [0.15, 0.2) is 0 Å². The summed E-state index contributed by atoms with van der Waals surface area (Å²) in [7, 11) is -0.481. The number of anilines is 1. The number of hydrogen-bond donors (Lipinski definition) is 1. The number of piperazine rings is 1. The molecule has 96 valence electrons. The van der Waals surface area contributed by atoms with Gasteiger partial charge in [0.2, 0.25) is 5.82 Å². The van der Waals surface area contributed by atoms with E-state index < -0.39 is 12.0 Å². The largest absolute Gasteiger partial charge is 0.437 e. The molecule has 1 aromatic rings. The maximum Gasteiger partial charge on any atom is 0.376 e. The summed E-state index contributed by atoms with van der Waals surface area (Å²) in [5.41, 5.74) is 0.0306. The van der Waals surface area contributed by atoms with Crippen molar-refractivity contribution < 1.29 is 9.95 Å². The predicted octanol–water partition coefficient (Wildman–Crippen LogP) is 0.222. The Morgan fingerprint density at radius 3 is 2.67 bits per heavy atom. The Bertz CT molecular complexity index is 435. The highest BCUT2D eigenvalue weighted by Gasteiger charge is 2.26. The van der Waals surface area contributed by atoms with E-state index in [0.717, 1.165) is 0 Å². The van der Waals surface area contributed by atoms with Crippen LogP contribution in [-0.4, -0.2) is 53.0 Å². The van der Waals surface area contributed by atoms with Crippen LogP contribution in [0.2, 0.25) is 6.82 Å². The Labute approximate surface area is 105 Å². The van der Waals surface area contributed by atoms with Gasteiger partial charge < -0.3 is 14.7 Å². The first-order valence-corrected chi connectivity index (χ1v) is 5.86. The molecule has 18 heavy (non-hydrogen) atoms. The van der Waals surface area contributed by atoms with Crippen LogP contribution in [0, 0.1) is 10.1 Å². The fourth-order valence-corrected chi connectivity index (χ4v) is 2.08. The molecule has 1 aromatic heterocycles. The van der Waals surface area contributed by atoms with Crippen LogP contribution in [0.3, 0.4) is 0 Å². The number of rotatable bonds is 3. The van der Waals surface area contributed by atoms with Gasteiger partial charge in [-0.05, 0) is 12.9 Å². The number of hydrogen-bond acceptors (Lipinski definition) is 6. The zero-order chi connectivity index (χ0) is 13.1. The van der Waals surface area contributed by atoms with E-state index in [1.807, 2.05) is 9.71 Å². The molecule has 0 amide bonds. The zero-order valence-electron chi connectivity index (χ0n) is 10.2. The van der Waals surface area contributed by atoms with E-state index in [1.54, 1.807) is 19.1 Å². The smallest absolute Gasteiger partial charge is 0.376 e. The third-order valence-electron chi connectivity index (χ3n) is 3.11. The summed E-state index contributed by atoms with van der Waals surface area (Å²) in [4.78, 5) is 18.4. The van der Waals surface area contributed by atoms with Crippen molar-refractivity contribution in [1.29, 1.82) is 0 Å². The Balaban J connectivity index is 2.12. The maximum absolute atomic E-state index is 10.9. The molecule has 0 saturated carbocycles. The number of nitro groups is 1. The Morgan fingerprint density at radius 1 is 1.44 bits per heavy atom. The van der Waals surface area contributed by atoms with Gasteiger partial charge in [-0.25, -0.2) is 4.98 Å². The topological polar surface area (TPSA) is 82.7 Å². The number of nitrogens with zero attached hydrogens (tertiary/aromatic N) is 4. The van der Waals surface area contributed by atoms with Crippen molar-refractivity contribution in [2.45, 2.75) is 6.82 Å². The van der Waals surface area contributed by atoms with Crippen molar-refractivity contribution in [1.82, 2.24) is 9.79 Å². The molecular formula is C10H15BN4O3. The highest BCUT2D eigenvalue weighted by atomic mass is 16.6. The molecule has 8 heteroatoms. The van der Waals surface area contributed by atoms with E-state index in [9.17, 15) is 15.1 Å². The molecule has 0 spiro atoms. The van der Waals surface area contributed by atoms with Crippen molar-refractivity contribution in [3.05, 3.63) is 28.4 Å². The van der Waals surface area contributed by atoms with E-state index in [2.05, 4.69) is 4.98 Å². The van der Waals surface area contributed by atoms with Crippen LogP contribution in [-0.2, 0) is 0 Å². The molecule has 1 N–H and O–H groups in total. The van der Waals surface area contributed by atoms with Gasteiger partial charge in [-0.3, -0.25) is 10.1 Å². The monoisotopic (exact) mass is 250 g/mol. The van der Waals surface area contributed by atoms with Crippen molar-refractivity contribution in [3.8, 4) is 0 Å². The normalized spacial score (nSPS) is 16.7. The van der Waals surface area contributed by atoms with Crippen LogP contribution in [0.4, 0.5) is 11.5 Å². The van der Waals surface area contributed by atoms with Crippen molar-refractivity contribution in [2.75, 3.05) is 31.1 Å². The Kier molecular flexibility index (Phi) is 3.78. The summed E-state index contributed by atoms with van der Waals surface area (Å²) < 4.78 is 0. The Hall–Kier alpha value is -1.67. The van der Waals surface area contributed by atoms with E-state index in [1.165, 1.54) is 6.07 Å². The van der Waals surface area contributed by atoms with Gasteiger partial charge in [0, 0.05) is 38.4 Å². The van der Waals surface area contributed by atoms with Gasteiger partial charge in [-0.1, -0.05) is 0 Å². The van der Waals surface area contributed by atoms with Gasteiger partial charge >= 0.3 is 12.7 Å². The predicted molar refractivity (Wildman–Crippen MR) is 68.5 cm³/mol. The molecular weight excluding hydrogens is 235 g/mol. The number of aromatic nitrogens is 1. The molecule has 2 heterocycles. The quantitative estimate of drug-likeness (QED) is 0.469. The lowest BCUT2D eigenvalue weighted by Gasteiger charge is -2.35. The minimum Gasteiger partial charge on any atom is -0.437 e. The average Bonchev–Trinajstić information content (AvgIpc) is 2.39. The minimum atomic E-state index is -0.481. The van der Waals surface area contributed by atoms with E-state index in [-0.39, 0.29) is 5.69 Å². The highest BCUT2D eigenvalue weighted by molar-refractivity contribution is 6.45. The first-order valence-electron chi connectivity index (χ1n) is 5.86. The number of pyridine rings is 1. The summed E-state index contributed by atoms with van der Waals surface area (Å²) in [6, 6.07) is 3.02. The lowest BCUT2D eigenvalue weighted by Crippen LogP contribution is -2.51. The molecule has 0 aromatic carbocycles. The van der Waals surface area contributed by atoms with Crippen molar-refractivity contribution in [3.63, 3.8) is 0 Å². The van der Waals surface area contributed by atoms with E-state index in [4.69, 9.17) is 0 Å². The molecule has 1 fully saturated rings. The molecule has 0 unspecified atom stereocenters. The fraction of sp³-hybridized carbons (Fsp3) is 0.500. The molecule has 0 aliphatic carbocycles. The lowest BCUT2D eigenvalue weighted by atomic mass is 9.84. The van der Waals surface area contributed by atoms with Crippen LogP contribution in [0.15, 0.2) is 18.3 Å². The van der Waals surface area contributed by atoms with E-state index >= 15 is 0 Å². The van der Waals surface area contributed by atoms with Crippen molar-refractivity contribution >= 4 is 18.6 Å². The molecule has 1 saturated heterocycles. The third-order valence-corrected chi connectivity index (χ3v) is 3.11. The maximum atomic E-state index is 10.9. The second-order valence-corrected chi connectivity index (χ2v) is 4.26. The van der Waals surface area contributed by atoms with Crippen molar-refractivity contribution in [2.24, 2.45) is 0 Å². The SMILES string of the molecule is CB(O)N1CCN(c2ncccc2[N+](=O)[O-])CC1. The fourth-order valence-electron chi connectivity index (χ4n) is 2.08. The van der Waals surface area contributed by atoms with Gasteiger partial charge in [-0.2, -0.15) is 0 Å². The first kappa shape index (κ1) is 12.8. The summed E-state index contributed by atoms with van der Waals surface area (Å²) >= 11 is 0. The van der Waals surface area contributed by atoms with Crippen LogP contribution in [0.5, 0.6) is 0 Å². The van der Waals surface area contributed by atoms with Gasteiger partial charge in [0.05, 0.1) is 4.92 Å². The van der Waals surface area contributed by atoms with Crippen LogP contribution in [0.25, 0.3) is 0 Å². The molecule has 1 aliphatic rings. The average molecular weight is 250 g/mol. The van der Waals surface area contributed by atoms with Gasteiger partial charge in [0.25, 0.3) is 0 Å². The first-order chi connectivity index (χ1) is 8.59. The molecule has 0 bridgehead atoms. The minimum absolute atomic E-state index is 0.0306. The molecule has 0 radical (unpaired) electrons. The summed E-state index contributed by atoms with van der Waals surface area (Å²) in [6.45, 7) is 4.32. The second kappa shape index (κ2) is 5.32. The molecule has 1 aliphatic heterocycles. The van der Waals surface area contributed by atoms with Crippen LogP contribution < -0.4 is 4.90 Å². The van der Waals surface area contributed by atoms with Gasteiger partial charge in [-0.15, -0.1) is 0 Å². The van der Waals surface area contributed by atoms with Crippen LogP contribution >= 0.6 is 0 Å². The zero-order valence-corrected chi connectivity index (χ0v) is 10.2. The molecule has 7 nitrogen and oxygen atoms in total. The summed E-state index contributed by atoms with van der Waals surface area (Å²) in [5, 5.41) is 20.4. The Morgan fingerprint density at radius 2 is 2.11 bits per heavy atom. The highest BCUT2D eigenvalue weighted by Crippen LogP contribution is 2.25. The van der Waals surface area contributed by atoms with Crippen LogP contribution in [0.1, 0.15) is 0 Å². The lowest BCUT2D eigenvalue weighted by molar-refractivity contribution is -0.384. The molecule has 2 rings (SSSR count). The molecule has 0 atom stereocenters. The van der Waals surface area contributed by atoms with E-state index in [0.29, 0.717) is 32.0 Å².